The number of carbonyl (C=O) groups is 2. The van der Waals surface area contributed by atoms with Crippen molar-refractivity contribution in [1.29, 1.82) is 0 Å². The lowest BCUT2D eigenvalue weighted by Crippen LogP contribution is -2.32. The number of methoxy groups -OCH3 is 2. The highest BCUT2D eigenvalue weighted by molar-refractivity contribution is 7.89. The van der Waals surface area contributed by atoms with Crippen LogP contribution >= 0.6 is 0 Å². The van der Waals surface area contributed by atoms with E-state index in [0.717, 1.165) is 0 Å². The molecule has 1 unspecified atom stereocenters. The molecule has 2 N–H and O–H groups in total. The van der Waals surface area contributed by atoms with Crippen LogP contribution < -0.4 is 19.5 Å². The Morgan fingerprint density at radius 1 is 1.26 bits per heavy atom. The number of primary sulfonamides is 1. The second-order valence-electron chi connectivity index (χ2n) is 5.20. The largest absolute Gasteiger partial charge is 0.493 e. The number of benzene rings is 1. The fourth-order valence-electron chi connectivity index (χ4n) is 2.50. The van der Waals surface area contributed by atoms with Crippen LogP contribution in [0.4, 0.5) is 5.69 Å². The molecule has 1 aliphatic rings. The predicted octanol–water partition coefficient (Wildman–Crippen LogP) is 0.300. The van der Waals surface area contributed by atoms with Crippen LogP contribution in [0.1, 0.15) is 23.7 Å². The topological polar surface area (TPSA) is 116 Å². The molecule has 0 bridgehead atoms. The molecule has 8 nitrogen and oxygen atoms in total. The molecule has 1 fully saturated rings. The van der Waals surface area contributed by atoms with E-state index in [9.17, 15) is 18.0 Å². The Morgan fingerprint density at radius 2 is 1.83 bits per heavy atom. The van der Waals surface area contributed by atoms with Crippen molar-refractivity contribution in [3.8, 4) is 11.5 Å². The third-order valence-corrected chi connectivity index (χ3v) is 4.97. The molecule has 9 heteroatoms. The summed E-state index contributed by atoms with van der Waals surface area (Å²) >= 11 is 0. The summed E-state index contributed by atoms with van der Waals surface area (Å²) in [6.45, 7) is 1.25. The average molecular weight is 342 g/mol. The lowest BCUT2D eigenvalue weighted by molar-refractivity contribution is -0.117. The number of nitrogens with zero attached hydrogens (tertiary/aromatic N) is 1. The van der Waals surface area contributed by atoms with E-state index < -0.39 is 21.2 Å². The molecule has 2 rings (SSSR count). The van der Waals surface area contributed by atoms with Crippen molar-refractivity contribution in [3.05, 3.63) is 17.7 Å². The van der Waals surface area contributed by atoms with Crippen molar-refractivity contribution in [2.24, 2.45) is 5.14 Å². The van der Waals surface area contributed by atoms with E-state index in [0.29, 0.717) is 11.5 Å². The zero-order valence-electron chi connectivity index (χ0n) is 13.0. The van der Waals surface area contributed by atoms with Gasteiger partial charge in [-0.25, -0.2) is 13.6 Å². The summed E-state index contributed by atoms with van der Waals surface area (Å²) in [5.74, 6) is -0.0259. The second kappa shape index (κ2) is 6.17. The number of nitrogens with two attached hydrogens (primary N) is 1. The summed E-state index contributed by atoms with van der Waals surface area (Å²) in [5, 5.41) is 4.13. The van der Waals surface area contributed by atoms with Gasteiger partial charge in [0, 0.05) is 24.6 Å². The van der Waals surface area contributed by atoms with E-state index in [-0.39, 0.29) is 30.0 Å². The molecule has 1 aromatic carbocycles. The number of Topliss-reactive ketones (excluding diaryl/α,β-unsaturated/α-hetero) is 1. The molecule has 1 atom stereocenters. The molecule has 0 aliphatic carbocycles. The normalized spacial score (nSPS) is 18.2. The Bertz CT molecular complexity index is 759. The molecule has 1 amide bonds. The van der Waals surface area contributed by atoms with Crippen LogP contribution in [0.15, 0.2) is 12.1 Å². The summed E-state index contributed by atoms with van der Waals surface area (Å²) < 4.78 is 33.3. The van der Waals surface area contributed by atoms with Gasteiger partial charge in [-0.1, -0.05) is 0 Å². The Hall–Kier alpha value is -2.13. The molecule has 0 aromatic heterocycles. The molecular formula is C14H18N2O6S. The lowest BCUT2D eigenvalue weighted by atomic mass is 10.1. The molecule has 126 valence electrons. The maximum Gasteiger partial charge on any atom is 0.228 e. The summed E-state index contributed by atoms with van der Waals surface area (Å²) in [4.78, 5) is 25.3. The van der Waals surface area contributed by atoms with Crippen LogP contribution in [-0.4, -0.2) is 46.1 Å². The summed E-state index contributed by atoms with van der Waals surface area (Å²) in [6, 6.07) is 2.95. The van der Waals surface area contributed by atoms with Crippen molar-refractivity contribution < 1.29 is 27.5 Å². The maximum atomic E-state index is 12.2. The highest BCUT2D eigenvalue weighted by atomic mass is 32.2. The van der Waals surface area contributed by atoms with Crippen molar-refractivity contribution in [2.75, 3.05) is 25.7 Å². The van der Waals surface area contributed by atoms with Crippen LogP contribution in [-0.2, 0) is 14.8 Å². The number of amides is 1. The van der Waals surface area contributed by atoms with Crippen LogP contribution in [0.5, 0.6) is 11.5 Å². The minimum atomic E-state index is -3.84. The van der Waals surface area contributed by atoms with E-state index in [1.807, 2.05) is 0 Å². The number of ether oxygens (including phenoxy) is 2. The molecule has 1 saturated heterocycles. The van der Waals surface area contributed by atoms with Gasteiger partial charge >= 0.3 is 0 Å². The minimum Gasteiger partial charge on any atom is -0.493 e. The van der Waals surface area contributed by atoms with Crippen molar-refractivity contribution in [1.82, 2.24) is 0 Å². The summed E-state index contributed by atoms with van der Waals surface area (Å²) in [5.41, 5.74) is 0.525. The molecule has 0 spiro atoms. The smallest absolute Gasteiger partial charge is 0.228 e. The van der Waals surface area contributed by atoms with Crippen LogP contribution in [0.2, 0.25) is 0 Å². The van der Waals surface area contributed by atoms with Gasteiger partial charge in [0.15, 0.2) is 17.3 Å². The highest BCUT2D eigenvalue weighted by Gasteiger charge is 2.38. The minimum absolute atomic E-state index is 0.104. The molecule has 23 heavy (non-hydrogen) atoms. The predicted molar refractivity (Wildman–Crippen MR) is 83.4 cm³/mol. The summed E-state index contributed by atoms with van der Waals surface area (Å²) in [7, 11) is -0.987. The van der Waals surface area contributed by atoms with E-state index in [1.165, 1.54) is 38.2 Å². The van der Waals surface area contributed by atoms with Crippen molar-refractivity contribution >= 4 is 27.4 Å². The standard InChI is InChI=1S/C14H18N2O6S/c1-8(17)10-5-12(21-2)13(22-3)6-11(10)16-7-9(4-14(16)18)23(15,19)20/h5-6,9H,4,7H2,1-3H3,(H2,15,19,20). The summed E-state index contributed by atoms with van der Waals surface area (Å²) in [6.07, 6.45) is -0.218. The number of hydrogen-bond donors (Lipinski definition) is 1. The van der Waals surface area contributed by atoms with Gasteiger partial charge in [0.1, 0.15) is 5.25 Å². The lowest BCUT2D eigenvalue weighted by Gasteiger charge is -2.21. The van der Waals surface area contributed by atoms with E-state index >= 15 is 0 Å². The van der Waals surface area contributed by atoms with Gasteiger partial charge in [-0.05, 0) is 13.0 Å². The fraction of sp³-hybridized carbons (Fsp3) is 0.429. The van der Waals surface area contributed by atoms with Crippen LogP contribution in [0, 0.1) is 0 Å². The Balaban J connectivity index is 2.54. The van der Waals surface area contributed by atoms with E-state index in [1.54, 1.807) is 0 Å². The number of carbonyl (C=O) groups excluding carboxylic acids is 2. The van der Waals surface area contributed by atoms with Crippen LogP contribution in [0.3, 0.4) is 0 Å². The molecule has 0 saturated carbocycles. The average Bonchev–Trinajstić information content (AvgIpc) is 2.87. The molecule has 1 heterocycles. The number of anilines is 1. The van der Waals surface area contributed by atoms with E-state index in [4.69, 9.17) is 14.6 Å². The fourth-order valence-corrected chi connectivity index (χ4v) is 3.23. The second-order valence-corrected chi connectivity index (χ2v) is 7.04. The van der Waals surface area contributed by atoms with Crippen LogP contribution in [0.25, 0.3) is 0 Å². The number of ketones is 1. The first-order valence-electron chi connectivity index (χ1n) is 6.78. The monoisotopic (exact) mass is 342 g/mol. The number of hydrogen-bond acceptors (Lipinski definition) is 6. The third kappa shape index (κ3) is 3.30. The van der Waals surface area contributed by atoms with Gasteiger partial charge < -0.3 is 14.4 Å². The number of sulfonamides is 1. The number of rotatable bonds is 5. The van der Waals surface area contributed by atoms with Gasteiger partial charge in [0.05, 0.1) is 19.9 Å². The molecule has 0 radical (unpaired) electrons. The van der Waals surface area contributed by atoms with Gasteiger partial charge in [0.2, 0.25) is 15.9 Å². The van der Waals surface area contributed by atoms with Gasteiger partial charge in [-0.15, -0.1) is 0 Å². The first-order valence-corrected chi connectivity index (χ1v) is 8.39. The molecule has 1 aliphatic heterocycles. The van der Waals surface area contributed by atoms with Crippen molar-refractivity contribution in [2.45, 2.75) is 18.6 Å². The maximum absolute atomic E-state index is 12.2. The van der Waals surface area contributed by atoms with Gasteiger partial charge in [0.25, 0.3) is 0 Å². The first kappa shape index (κ1) is 17.2. The van der Waals surface area contributed by atoms with E-state index in [2.05, 4.69) is 0 Å². The first-order chi connectivity index (χ1) is 10.7. The Labute approximate surface area is 134 Å². The third-order valence-electron chi connectivity index (χ3n) is 3.73. The van der Waals surface area contributed by atoms with Gasteiger partial charge in [-0.3, -0.25) is 9.59 Å². The zero-order valence-corrected chi connectivity index (χ0v) is 13.8. The molecular weight excluding hydrogens is 324 g/mol. The quantitative estimate of drug-likeness (QED) is 0.769. The Morgan fingerprint density at radius 3 is 2.26 bits per heavy atom. The SMILES string of the molecule is COc1cc(C(C)=O)c(N2CC(S(N)(=O)=O)CC2=O)cc1OC. The highest BCUT2D eigenvalue weighted by Crippen LogP contribution is 2.37. The zero-order chi connectivity index (χ0) is 17.4. The van der Waals surface area contributed by atoms with Crippen molar-refractivity contribution in [3.63, 3.8) is 0 Å². The van der Waals surface area contributed by atoms with Gasteiger partial charge in [-0.2, -0.15) is 0 Å². The Kier molecular flexibility index (Phi) is 4.62. The molecule has 1 aromatic rings.